The molecule has 0 spiro atoms. The Morgan fingerprint density at radius 3 is 2.43 bits per heavy atom. The van der Waals surface area contributed by atoms with Crippen molar-refractivity contribution in [2.75, 3.05) is 14.2 Å². The Morgan fingerprint density at radius 1 is 1.10 bits per heavy atom. The Kier molecular flexibility index (Phi) is 4.57. The maximum Gasteiger partial charge on any atom is 0.161 e. The van der Waals surface area contributed by atoms with Crippen molar-refractivity contribution in [2.24, 2.45) is 0 Å². The first-order chi connectivity index (χ1) is 10.2. The second-order valence-corrected chi connectivity index (χ2v) is 4.26. The molecule has 0 aliphatic heterocycles. The normalized spacial score (nSPS) is 10.9. The van der Waals surface area contributed by atoms with E-state index in [-0.39, 0.29) is 5.82 Å². The molecule has 21 heavy (non-hydrogen) atoms. The summed E-state index contributed by atoms with van der Waals surface area (Å²) in [6.45, 7) is 0. The highest BCUT2D eigenvalue weighted by atomic mass is 19.1. The third-order valence-corrected chi connectivity index (χ3v) is 3.02. The fourth-order valence-electron chi connectivity index (χ4n) is 1.93. The first-order valence-electron chi connectivity index (χ1n) is 6.28. The molecule has 0 aromatic heterocycles. The van der Waals surface area contributed by atoms with E-state index in [1.807, 2.05) is 0 Å². The molecule has 0 radical (unpaired) electrons. The summed E-state index contributed by atoms with van der Waals surface area (Å²) in [5.74, 6) is 0.722. The Bertz CT molecular complexity index is 717. The first kappa shape index (κ1) is 14.6. The Hall–Kier alpha value is -2.80. The molecule has 0 aliphatic carbocycles. The average Bonchev–Trinajstić information content (AvgIpc) is 2.53. The van der Waals surface area contributed by atoms with Crippen molar-refractivity contribution in [1.29, 1.82) is 5.26 Å². The monoisotopic (exact) mass is 283 g/mol. The molecule has 0 N–H and O–H groups in total. The zero-order valence-corrected chi connectivity index (χ0v) is 11.8. The Morgan fingerprint density at radius 2 is 1.81 bits per heavy atom. The summed E-state index contributed by atoms with van der Waals surface area (Å²) in [7, 11) is 3.06. The smallest absolute Gasteiger partial charge is 0.161 e. The number of methoxy groups -OCH3 is 2. The molecule has 0 saturated heterocycles. The van der Waals surface area contributed by atoms with Crippen molar-refractivity contribution in [1.82, 2.24) is 0 Å². The van der Waals surface area contributed by atoms with Gasteiger partial charge in [0.25, 0.3) is 0 Å². The van der Waals surface area contributed by atoms with E-state index >= 15 is 0 Å². The topological polar surface area (TPSA) is 42.2 Å². The van der Waals surface area contributed by atoms with Crippen molar-refractivity contribution in [3.63, 3.8) is 0 Å². The summed E-state index contributed by atoms with van der Waals surface area (Å²) < 4.78 is 24.0. The number of nitrogens with zero attached hydrogens (tertiary/aromatic N) is 1. The fourth-order valence-corrected chi connectivity index (χ4v) is 1.93. The minimum atomic E-state index is -0.370. The van der Waals surface area contributed by atoms with E-state index in [2.05, 4.69) is 6.07 Å². The van der Waals surface area contributed by atoms with E-state index in [9.17, 15) is 9.65 Å². The molecule has 0 bridgehead atoms. The van der Waals surface area contributed by atoms with Crippen LogP contribution in [0.5, 0.6) is 11.5 Å². The molecule has 0 saturated carbocycles. The van der Waals surface area contributed by atoms with Crippen LogP contribution in [0.15, 0.2) is 42.5 Å². The molecule has 0 fully saturated rings. The summed E-state index contributed by atoms with van der Waals surface area (Å²) in [5.41, 5.74) is 1.35. The molecule has 2 aromatic rings. The zero-order valence-electron chi connectivity index (χ0n) is 11.8. The number of hydrogen-bond donors (Lipinski definition) is 0. The molecule has 3 nitrogen and oxygen atoms in total. The molecular formula is C17H14FNO2. The van der Waals surface area contributed by atoms with E-state index in [1.54, 1.807) is 36.4 Å². The van der Waals surface area contributed by atoms with Crippen molar-refractivity contribution in [3.8, 4) is 17.6 Å². The van der Waals surface area contributed by atoms with Crippen molar-refractivity contribution in [3.05, 3.63) is 59.4 Å². The molecule has 0 atom stereocenters. The van der Waals surface area contributed by atoms with Gasteiger partial charge in [0.1, 0.15) is 5.82 Å². The number of rotatable bonds is 4. The van der Waals surface area contributed by atoms with Crippen LogP contribution in [-0.4, -0.2) is 14.2 Å². The van der Waals surface area contributed by atoms with E-state index in [4.69, 9.17) is 9.47 Å². The van der Waals surface area contributed by atoms with Gasteiger partial charge in [0, 0.05) is 5.56 Å². The summed E-state index contributed by atoms with van der Waals surface area (Å²) in [5, 5.41) is 9.31. The number of nitriles is 1. The van der Waals surface area contributed by atoms with Crippen LogP contribution < -0.4 is 9.47 Å². The van der Waals surface area contributed by atoms with Gasteiger partial charge in [-0.15, -0.1) is 0 Å². The number of hydrogen-bond acceptors (Lipinski definition) is 3. The third kappa shape index (κ3) is 3.21. The molecular weight excluding hydrogens is 269 g/mol. The molecule has 106 valence electrons. The van der Waals surface area contributed by atoms with E-state index < -0.39 is 0 Å². The summed E-state index contributed by atoms with van der Waals surface area (Å²) >= 11 is 0. The predicted octanol–water partition coefficient (Wildman–Crippen LogP) is 3.91. The lowest BCUT2D eigenvalue weighted by Gasteiger charge is -2.09. The average molecular weight is 283 g/mol. The van der Waals surface area contributed by atoms with Crippen LogP contribution >= 0.6 is 0 Å². The number of benzene rings is 2. The van der Waals surface area contributed by atoms with Crippen molar-refractivity contribution >= 4 is 11.6 Å². The minimum absolute atomic E-state index is 0.348. The van der Waals surface area contributed by atoms with E-state index in [1.165, 1.54) is 26.4 Å². The zero-order chi connectivity index (χ0) is 15.2. The van der Waals surface area contributed by atoms with Crippen LogP contribution in [0, 0.1) is 17.1 Å². The van der Waals surface area contributed by atoms with Crippen molar-refractivity contribution in [2.45, 2.75) is 0 Å². The first-order valence-corrected chi connectivity index (χ1v) is 6.28. The standard InChI is InChI=1S/C17H14FNO2/c1-20-16-8-7-12(10-17(16)21-2)14(11-19)9-13-5-3-4-6-15(13)18/h3-10H,1-2H3/b14-9+. The lowest BCUT2D eigenvalue weighted by atomic mass is 10.0. The van der Waals surface area contributed by atoms with Crippen LogP contribution in [0.4, 0.5) is 4.39 Å². The van der Waals surface area contributed by atoms with E-state index in [0.29, 0.717) is 28.2 Å². The number of ether oxygens (including phenoxy) is 2. The van der Waals surface area contributed by atoms with Gasteiger partial charge in [0.2, 0.25) is 0 Å². The lowest BCUT2D eigenvalue weighted by Crippen LogP contribution is -1.92. The van der Waals surface area contributed by atoms with Gasteiger partial charge in [-0.1, -0.05) is 18.2 Å². The summed E-state index contributed by atoms with van der Waals surface area (Å²) in [6.07, 6.45) is 1.51. The maximum absolute atomic E-state index is 13.7. The molecule has 0 heterocycles. The number of allylic oxidation sites excluding steroid dienone is 1. The Balaban J connectivity index is 2.48. The lowest BCUT2D eigenvalue weighted by molar-refractivity contribution is 0.355. The van der Waals surface area contributed by atoms with Crippen LogP contribution in [-0.2, 0) is 0 Å². The summed E-state index contributed by atoms with van der Waals surface area (Å²) in [4.78, 5) is 0. The van der Waals surface area contributed by atoms with E-state index in [0.717, 1.165) is 0 Å². The van der Waals surface area contributed by atoms with Gasteiger partial charge >= 0.3 is 0 Å². The molecule has 0 unspecified atom stereocenters. The van der Waals surface area contributed by atoms with Crippen molar-refractivity contribution < 1.29 is 13.9 Å². The van der Waals surface area contributed by atoms with Crippen LogP contribution in [0.3, 0.4) is 0 Å². The van der Waals surface area contributed by atoms with Gasteiger partial charge in [0.05, 0.1) is 25.9 Å². The van der Waals surface area contributed by atoms with Gasteiger partial charge < -0.3 is 9.47 Å². The van der Waals surface area contributed by atoms with Gasteiger partial charge in [-0.05, 0) is 35.9 Å². The summed E-state index contributed by atoms with van der Waals surface area (Å²) in [6, 6.07) is 13.5. The highest BCUT2D eigenvalue weighted by molar-refractivity contribution is 5.90. The predicted molar refractivity (Wildman–Crippen MR) is 79.4 cm³/mol. The number of halogens is 1. The highest BCUT2D eigenvalue weighted by Gasteiger charge is 2.09. The molecule has 2 aromatic carbocycles. The molecule has 4 heteroatoms. The minimum Gasteiger partial charge on any atom is -0.493 e. The van der Waals surface area contributed by atoms with Gasteiger partial charge in [-0.2, -0.15) is 5.26 Å². The molecule has 0 aliphatic rings. The second kappa shape index (κ2) is 6.58. The SMILES string of the molecule is COc1ccc(/C(C#N)=C/c2ccccc2F)cc1OC. The fraction of sp³-hybridized carbons (Fsp3) is 0.118. The maximum atomic E-state index is 13.7. The highest BCUT2D eigenvalue weighted by Crippen LogP contribution is 2.31. The van der Waals surface area contributed by atoms with Gasteiger partial charge in [-0.25, -0.2) is 4.39 Å². The van der Waals surface area contributed by atoms with Crippen LogP contribution in [0.25, 0.3) is 11.6 Å². The van der Waals surface area contributed by atoms with Gasteiger partial charge in [0.15, 0.2) is 11.5 Å². The quantitative estimate of drug-likeness (QED) is 0.631. The molecule has 2 rings (SSSR count). The Labute approximate surface area is 122 Å². The van der Waals surface area contributed by atoms with Gasteiger partial charge in [-0.3, -0.25) is 0 Å². The molecule has 0 amide bonds. The third-order valence-electron chi connectivity index (χ3n) is 3.02. The van der Waals surface area contributed by atoms with Crippen LogP contribution in [0.1, 0.15) is 11.1 Å². The van der Waals surface area contributed by atoms with Crippen LogP contribution in [0.2, 0.25) is 0 Å². The largest absolute Gasteiger partial charge is 0.493 e. The second-order valence-electron chi connectivity index (χ2n) is 4.26.